The van der Waals surface area contributed by atoms with Crippen LogP contribution in [-0.2, 0) is 11.2 Å². The molecule has 0 radical (unpaired) electrons. The van der Waals surface area contributed by atoms with E-state index >= 15 is 0 Å². The zero-order valence-corrected chi connectivity index (χ0v) is 12.6. The molecule has 1 amide bonds. The quantitative estimate of drug-likeness (QED) is 0.917. The van der Waals surface area contributed by atoms with Crippen molar-refractivity contribution in [2.75, 3.05) is 13.1 Å². The van der Waals surface area contributed by atoms with E-state index in [9.17, 15) is 4.79 Å². The molecule has 1 aromatic rings. The van der Waals surface area contributed by atoms with E-state index in [-0.39, 0.29) is 5.91 Å². The second-order valence-corrected chi connectivity index (χ2v) is 6.68. The first-order valence-electron chi connectivity index (χ1n) is 7.54. The maximum absolute atomic E-state index is 12.1. The summed E-state index contributed by atoms with van der Waals surface area (Å²) in [6.45, 7) is 5.58. The SMILES string of the molecule is CC(C)(N)CC(=O)N1CCC(Cc2ccccc2)CC1. The van der Waals surface area contributed by atoms with Crippen LogP contribution in [0.4, 0.5) is 0 Å². The number of hydrogen-bond donors (Lipinski definition) is 1. The molecule has 0 bridgehead atoms. The van der Waals surface area contributed by atoms with Crippen LogP contribution in [0.5, 0.6) is 0 Å². The average Bonchev–Trinajstić information content (AvgIpc) is 2.39. The van der Waals surface area contributed by atoms with Crippen LogP contribution in [0.3, 0.4) is 0 Å². The number of rotatable bonds is 4. The number of benzene rings is 1. The van der Waals surface area contributed by atoms with E-state index in [1.165, 1.54) is 5.56 Å². The van der Waals surface area contributed by atoms with Gasteiger partial charge in [-0.15, -0.1) is 0 Å². The van der Waals surface area contributed by atoms with Crippen molar-refractivity contribution in [3.05, 3.63) is 35.9 Å². The zero-order valence-electron chi connectivity index (χ0n) is 12.6. The summed E-state index contributed by atoms with van der Waals surface area (Å²) in [5, 5.41) is 0. The lowest BCUT2D eigenvalue weighted by molar-refractivity contribution is -0.133. The highest BCUT2D eigenvalue weighted by molar-refractivity contribution is 5.77. The van der Waals surface area contributed by atoms with Crippen LogP contribution in [0.25, 0.3) is 0 Å². The molecule has 0 atom stereocenters. The summed E-state index contributed by atoms with van der Waals surface area (Å²) in [6, 6.07) is 10.6. The summed E-state index contributed by atoms with van der Waals surface area (Å²) in [6.07, 6.45) is 3.78. The van der Waals surface area contributed by atoms with Crippen molar-refractivity contribution in [1.82, 2.24) is 4.90 Å². The van der Waals surface area contributed by atoms with Crippen LogP contribution in [0.15, 0.2) is 30.3 Å². The topological polar surface area (TPSA) is 46.3 Å². The molecule has 0 saturated carbocycles. The number of hydrogen-bond acceptors (Lipinski definition) is 2. The Labute approximate surface area is 122 Å². The molecule has 1 saturated heterocycles. The van der Waals surface area contributed by atoms with Crippen molar-refractivity contribution in [2.45, 2.75) is 45.1 Å². The molecule has 2 N–H and O–H groups in total. The minimum atomic E-state index is -0.405. The normalized spacial score (nSPS) is 17.2. The Bertz CT molecular complexity index is 428. The van der Waals surface area contributed by atoms with Crippen LogP contribution in [0, 0.1) is 5.92 Å². The van der Waals surface area contributed by atoms with E-state index < -0.39 is 5.54 Å². The molecule has 1 aromatic carbocycles. The van der Waals surface area contributed by atoms with Gasteiger partial charge in [-0.05, 0) is 44.6 Å². The van der Waals surface area contributed by atoms with E-state index in [1.54, 1.807) is 0 Å². The molecule has 0 unspecified atom stereocenters. The van der Waals surface area contributed by atoms with Gasteiger partial charge in [-0.2, -0.15) is 0 Å². The van der Waals surface area contributed by atoms with Crippen LogP contribution in [0.2, 0.25) is 0 Å². The summed E-state index contributed by atoms with van der Waals surface area (Å²) in [7, 11) is 0. The Morgan fingerprint density at radius 3 is 2.40 bits per heavy atom. The number of amides is 1. The fourth-order valence-electron chi connectivity index (χ4n) is 2.84. The number of nitrogens with zero attached hydrogens (tertiary/aromatic N) is 1. The van der Waals surface area contributed by atoms with Crippen molar-refractivity contribution >= 4 is 5.91 Å². The van der Waals surface area contributed by atoms with Gasteiger partial charge in [0.25, 0.3) is 0 Å². The van der Waals surface area contributed by atoms with E-state index in [1.807, 2.05) is 18.7 Å². The van der Waals surface area contributed by atoms with Gasteiger partial charge in [-0.1, -0.05) is 30.3 Å². The third-order valence-corrected chi connectivity index (χ3v) is 3.94. The van der Waals surface area contributed by atoms with Crippen molar-refractivity contribution in [2.24, 2.45) is 11.7 Å². The summed E-state index contributed by atoms with van der Waals surface area (Å²) < 4.78 is 0. The minimum absolute atomic E-state index is 0.204. The second kappa shape index (κ2) is 6.40. The maximum atomic E-state index is 12.1. The first-order chi connectivity index (χ1) is 9.44. The number of carbonyl (C=O) groups excluding carboxylic acids is 1. The lowest BCUT2D eigenvalue weighted by atomic mass is 9.89. The van der Waals surface area contributed by atoms with Gasteiger partial charge >= 0.3 is 0 Å². The third kappa shape index (κ3) is 4.64. The zero-order chi connectivity index (χ0) is 14.6. The molecule has 1 aliphatic heterocycles. The molecule has 2 rings (SSSR count). The fraction of sp³-hybridized carbons (Fsp3) is 0.588. The summed E-state index contributed by atoms with van der Waals surface area (Å²) >= 11 is 0. The molecular weight excluding hydrogens is 248 g/mol. The van der Waals surface area contributed by atoms with E-state index in [2.05, 4.69) is 30.3 Å². The van der Waals surface area contributed by atoms with Crippen molar-refractivity contribution in [1.29, 1.82) is 0 Å². The van der Waals surface area contributed by atoms with Crippen molar-refractivity contribution in [3.8, 4) is 0 Å². The van der Waals surface area contributed by atoms with Gasteiger partial charge in [-0.25, -0.2) is 0 Å². The first kappa shape index (κ1) is 15.0. The molecule has 3 nitrogen and oxygen atoms in total. The van der Waals surface area contributed by atoms with Crippen molar-refractivity contribution < 1.29 is 4.79 Å². The molecule has 0 spiro atoms. The van der Waals surface area contributed by atoms with Crippen molar-refractivity contribution in [3.63, 3.8) is 0 Å². The summed E-state index contributed by atoms with van der Waals surface area (Å²) in [4.78, 5) is 14.1. The van der Waals surface area contributed by atoms with E-state index in [4.69, 9.17) is 5.73 Å². The van der Waals surface area contributed by atoms with Gasteiger partial charge in [0, 0.05) is 25.0 Å². The van der Waals surface area contributed by atoms with Gasteiger partial charge in [-0.3, -0.25) is 4.79 Å². The number of carbonyl (C=O) groups is 1. The monoisotopic (exact) mass is 274 g/mol. The summed E-state index contributed by atoms with van der Waals surface area (Å²) in [5.41, 5.74) is 6.92. The Morgan fingerprint density at radius 2 is 1.85 bits per heavy atom. The van der Waals surface area contributed by atoms with Gasteiger partial charge in [0.2, 0.25) is 5.91 Å². The molecule has 1 fully saturated rings. The van der Waals surface area contributed by atoms with Gasteiger partial charge < -0.3 is 10.6 Å². The van der Waals surface area contributed by atoms with Gasteiger partial charge in [0.1, 0.15) is 0 Å². The van der Waals surface area contributed by atoms with Gasteiger partial charge in [0.05, 0.1) is 0 Å². The van der Waals surface area contributed by atoms with Crippen LogP contribution in [-0.4, -0.2) is 29.4 Å². The molecule has 0 aromatic heterocycles. The van der Waals surface area contributed by atoms with E-state index in [0.29, 0.717) is 12.3 Å². The molecular formula is C17H26N2O. The van der Waals surface area contributed by atoms with Crippen LogP contribution < -0.4 is 5.73 Å². The third-order valence-electron chi connectivity index (χ3n) is 3.94. The van der Waals surface area contributed by atoms with Crippen LogP contribution >= 0.6 is 0 Å². The molecule has 20 heavy (non-hydrogen) atoms. The summed E-state index contributed by atoms with van der Waals surface area (Å²) in [5.74, 6) is 0.906. The predicted octanol–water partition coefficient (Wildman–Crippen LogP) is 2.60. The molecule has 3 heteroatoms. The lowest BCUT2D eigenvalue weighted by Crippen LogP contribution is -2.44. The van der Waals surface area contributed by atoms with Gasteiger partial charge in [0.15, 0.2) is 0 Å². The first-order valence-corrected chi connectivity index (χ1v) is 7.54. The smallest absolute Gasteiger partial charge is 0.224 e. The number of likely N-dealkylation sites (tertiary alicyclic amines) is 1. The highest BCUT2D eigenvalue weighted by atomic mass is 16.2. The molecule has 1 aliphatic rings. The lowest BCUT2D eigenvalue weighted by Gasteiger charge is -2.33. The van der Waals surface area contributed by atoms with E-state index in [0.717, 1.165) is 32.4 Å². The predicted molar refractivity (Wildman–Crippen MR) is 82.3 cm³/mol. The van der Waals surface area contributed by atoms with Crippen LogP contribution in [0.1, 0.15) is 38.7 Å². The molecule has 1 heterocycles. The Morgan fingerprint density at radius 1 is 1.25 bits per heavy atom. The number of nitrogens with two attached hydrogens (primary N) is 1. The standard InChI is InChI=1S/C17H26N2O/c1-17(2,18)13-16(20)19-10-8-15(9-11-19)12-14-6-4-3-5-7-14/h3-7,15H,8-13,18H2,1-2H3. The average molecular weight is 274 g/mol. The molecule has 0 aliphatic carbocycles. The Kier molecular flexibility index (Phi) is 4.81. The largest absolute Gasteiger partial charge is 0.343 e. The second-order valence-electron chi connectivity index (χ2n) is 6.68. The minimum Gasteiger partial charge on any atom is -0.343 e. The fourth-order valence-corrected chi connectivity index (χ4v) is 2.84. The highest BCUT2D eigenvalue weighted by Gasteiger charge is 2.25. The Hall–Kier alpha value is -1.35. The molecule has 110 valence electrons. The maximum Gasteiger partial charge on any atom is 0.224 e. The number of piperidine rings is 1. The Balaban J connectivity index is 1.79. The highest BCUT2D eigenvalue weighted by Crippen LogP contribution is 2.22.